The topological polar surface area (TPSA) is 109 Å². The maximum atomic E-state index is 13.3. The molecule has 1 aliphatic rings. The maximum Gasteiger partial charge on any atom is 0.416 e. The normalized spacial score (nSPS) is 16.2. The van der Waals surface area contributed by atoms with E-state index < -0.39 is 51.6 Å². The number of aromatic nitrogens is 3. The molecule has 1 fully saturated rings. The van der Waals surface area contributed by atoms with Gasteiger partial charge in [-0.1, -0.05) is 17.7 Å². The monoisotopic (exact) mass is 640 g/mol. The summed E-state index contributed by atoms with van der Waals surface area (Å²) in [5, 5.41) is 6.05. The highest BCUT2D eigenvalue weighted by molar-refractivity contribution is 7.90. The van der Waals surface area contributed by atoms with Gasteiger partial charge >= 0.3 is 12.4 Å². The Morgan fingerprint density at radius 1 is 0.977 bits per heavy atom. The Kier molecular flexibility index (Phi) is 8.22. The first kappa shape index (κ1) is 31.1. The molecule has 1 aliphatic heterocycles. The smallest absolute Gasteiger partial charge is 0.376 e. The highest BCUT2D eigenvalue weighted by Crippen LogP contribution is 2.37. The van der Waals surface area contributed by atoms with Crippen LogP contribution in [-0.4, -0.2) is 58.8 Å². The summed E-state index contributed by atoms with van der Waals surface area (Å²) < 4.78 is 107. The van der Waals surface area contributed by atoms with Crippen LogP contribution in [0.3, 0.4) is 0 Å². The van der Waals surface area contributed by atoms with Crippen LogP contribution < -0.4 is 10.6 Å². The molecule has 0 radical (unpaired) electrons. The first-order chi connectivity index (χ1) is 20.6. The van der Waals surface area contributed by atoms with E-state index in [1.165, 1.54) is 29.6 Å². The molecule has 2 aromatic carbocycles. The summed E-state index contributed by atoms with van der Waals surface area (Å²) >= 11 is 0. The summed E-state index contributed by atoms with van der Waals surface area (Å²) in [5.74, 6) is -0.181. The molecule has 1 amide bonds. The number of nitrogens with one attached hydrogen (secondary N) is 2. The van der Waals surface area contributed by atoms with E-state index in [-0.39, 0.29) is 29.2 Å². The minimum absolute atomic E-state index is 0.0180. The first-order valence-electron chi connectivity index (χ1n) is 13.3. The van der Waals surface area contributed by atoms with Crippen molar-refractivity contribution >= 4 is 38.5 Å². The van der Waals surface area contributed by atoms with Crippen LogP contribution in [0.1, 0.15) is 29.5 Å². The van der Waals surface area contributed by atoms with Crippen molar-refractivity contribution in [1.29, 1.82) is 0 Å². The summed E-state index contributed by atoms with van der Waals surface area (Å²) in [7, 11) is -3.95. The predicted molar refractivity (Wildman–Crippen MR) is 149 cm³/mol. The van der Waals surface area contributed by atoms with Gasteiger partial charge in [-0.3, -0.25) is 4.79 Å². The molecule has 1 saturated heterocycles. The lowest BCUT2D eigenvalue weighted by Crippen LogP contribution is -2.47. The van der Waals surface area contributed by atoms with Gasteiger partial charge in [0.05, 0.1) is 28.0 Å². The molecule has 0 spiro atoms. The number of benzene rings is 2. The van der Waals surface area contributed by atoms with Crippen LogP contribution in [0.15, 0.2) is 66.0 Å². The van der Waals surface area contributed by atoms with Gasteiger partial charge in [-0.05, 0) is 56.2 Å². The van der Waals surface area contributed by atoms with Crippen molar-refractivity contribution in [3.8, 4) is 0 Å². The van der Waals surface area contributed by atoms with Gasteiger partial charge < -0.3 is 15.5 Å². The fraction of sp³-hybridized carbons (Fsp3) is 0.321. The molecular formula is C28H26F6N6O3S. The Morgan fingerprint density at radius 3 is 2.27 bits per heavy atom. The van der Waals surface area contributed by atoms with E-state index in [9.17, 15) is 39.6 Å². The van der Waals surface area contributed by atoms with E-state index >= 15 is 0 Å². The SMILES string of the molecule is Cc1ccc(S(=O)(=O)n2ccc3c(N[C@H]4CCCN(C(=O)CNc5cc(C(F)(F)F)cc(C(F)(F)F)c5)C4)ncnc32)cc1. The lowest BCUT2D eigenvalue weighted by Gasteiger charge is -2.33. The average Bonchev–Trinajstić information content (AvgIpc) is 3.41. The number of fused-ring (bicyclic) bond motifs is 1. The number of carbonyl (C=O) groups is 1. The molecule has 9 nitrogen and oxygen atoms in total. The number of hydrogen-bond donors (Lipinski definition) is 2. The zero-order valence-electron chi connectivity index (χ0n) is 23.1. The van der Waals surface area contributed by atoms with E-state index in [2.05, 4.69) is 20.6 Å². The molecule has 0 unspecified atom stereocenters. The van der Waals surface area contributed by atoms with Crippen LogP contribution in [0.25, 0.3) is 11.0 Å². The molecule has 5 rings (SSSR count). The van der Waals surface area contributed by atoms with E-state index in [0.29, 0.717) is 42.7 Å². The lowest BCUT2D eigenvalue weighted by atomic mass is 10.1. The number of nitrogens with zero attached hydrogens (tertiary/aromatic N) is 4. The van der Waals surface area contributed by atoms with Crippen molar-refractivity contribution < 1.29 is 39.6 Å². The Morgan fingerprint density at radius 2 is 1.64 bits per heavy atom. The number of piperidine rings is 1. The van der Waals surface area contributed by atoms with Crippen LogP contribution >= 0.6 is 0 Å². The van der Waals surface area contributed by atoms with Gasteiger partial charge in [0.2, 0.25) is 5.91 Å². The van der Waals surface area contributed by atoms with Crippen molar-refractivity contribution in [3.05, 3.63) is 77.7 Å². The lowest BCUT2D eigenvalue weighted by molar-refractivity contribution is -0.143. The number of halogens is 6. The van der Waals surface area contributed by atoms with Gasteiger partial charge in [0.25, 0.3) is 10.0 Å². The number of hydrogen-bond acceptors (Lipinski definition) is 7. The van der Waals surface area contributed by atoms with Crippen molar-refractivity contribution in [2.45, 2.75) is 43.1 Å². The second-order valence-corrected chi connectivity index (χ2v) is 12.2. The zero-order valence-corrected chi connectivity index (χ0v) is 23.9. The molecule has 0 bridgehead atoms. The fourth-order valence-electron chi connectivity index (χ4n) is 4.92. The second kappa shape index (κ2) is 11.6. The van der Waals surface area contributed by atoms with Crippen molar-refractivity contribution in [2.75, 3.05) is 30.3 Å². The Labute approximate surface area is 248 Å². The largest absolute Gasteiger partial charge is 0.416 e. The van der Waals surface area contributed by atoms with Crippen molar-refractivity contribution in [1.82, 2.24) is 18.8 Å². The van der Waals surface area contributed by atoms with E-state index in [1.54, 1.807) is 18.2 Å². The number of rotatable bonds is 7. The van der Waals surface area contributed by atoms with Gasteiger partial charge in [-0.15, -0.1) is 0 Å². The van der Waals surface area contributed by atoms with E-state index in [0.717, 1.165) is 9.54 Å². The number of likely N-dealkylation sites (tertiary alicyclic amines) is 1. The number of carbonyl (C=O) groups excluding carboxylic acids is 1. The van der Waals surface area contributed by atoms with Crippen LogP contribution in [0.5, 0.6) is 0 Å². The fourth-order valence-corrected chi connectivity index (χ4v) is 6.22. The summed E-state index contributed by atoms with van der Waals surface area (Å²) in [6.45, 7) is 1.82. The molecule has 4 aromatic rings. The molecule has 0 aliphatic carbocycles. The van der Waals surface area contributed by atoms with Crippen molar-refractivity contribution in [2.24, 2.45) is 0 Å². The van der Waals surface area contributed by atoms with Crippen LogP contribution in [0, 0.1) is 6.92 Å². The van der Waals surface area contributed by atoms with E-state index in [1.807, 2.05) is 6.92 Å². The summed E-state index contributed by atoms with van der Waals surface area (Å²) in [5.41, 5.74) is -2.41. The molecule has 16 heteroatoms. The molecule has 1 atom stereocenters. The third-order valence-corrected chi connectivity index (χ3v) is 8.85. The van der Waals surface area contributed by atoms with Gasteiger partial charge in [0, 0.05) is 31.0 Å². The number of amides is 1. The van der Waals surface area contributed by atoms with Gasteiger partial charge in [-0.25, -0.2) is 22.4 Å². The van der Waals surface area contributed by atoms with Crippen LogP contribution in [0.4, 0.5) is 37.8 Å². The quantitative estimate of drug-likeness (QED) is 0.256. The Hall–Kier alpha value is -4.34. The van der Waals surface area contributed by atoms with E-state index in [4.69, 9.17) is 0 Å². The molecule has 3 heterocycles. The molecule has 234 valence electrons. The zero-order chi connectivity index (χ0) is 31.9. The number of aryl methyl sites for hydroxylation is 1. The van der Waals surface area contributed by atoms with Crippen LogP contribution in [0.2, 0.25) is 0 Å². The average molecular weight is 641 g/mol. The maximum absolute atomic E-state index is 13.3. The molecular weight excluding hydrogens is 614 g/mol. The Balaban J connectivity index is 1.28. The Bertz CT molecular complexity index is 1760. The number of alkyl halides is 6. The molecule has 44 heavy (non-hydrogen) atoms. The molecule has 0 saturated carbocycles. The third kappa shape index (κ3) is 6.59. The predicted octanol–water partition coefficient (Wildman–Crippen LogP) is 5.53. The standard InChI is InChI=1S/C28H26F6N6O3S/c1-17-4-6-22(7-5-17)44(42,43)40-10-8-23-25(36-16-37-26(23)40)38-20-3-2-9-39(15-20)24(41)14-35-21-12-18(27(29,30)31)11-19(13-21)28(32,33)34/h4-8,10-13,16,20,35H,2-3,9,14-15H2,1H3,(H,36,37,38)/t20-/m0/s1. The highest BCUT2D eigenvalue weighted by atomic mass is 32.2. The second-order valence-electron chi connectivity index (χ2n) is 10.4. The third-order valence-electron chi connectivity index (χ3n) is 7.17. The first-order valence-corrected chi connectivity index (χ1v) is 14.8. The molecule has 2 N–H and O–H groups in total. The van der Waals surface area contributed by atoms with Crippen molar-refractivity contribution in [3.63, 3.8) is 0 Å². The van der Waals surface area contributed by atoms with Gasteiger partial charge in [0.15, 0.2) is 5.65 Å². The van der Waals surface area contributed by atoms with Gasteiger partial charge in [-0.2, -0.15) is 26.3 Å². The molecule has 2 aromatic heterocycles. The minimum Gasteiger partial charge on any atom is -0.376 e. The van der Waals surface area contributed by atoms with Gasteiger partial charge in [0.1, 0.15) is 12.1 Å². The summed E-state index contributed by atoms with van der Waals surface area (Å²) in [4.78, 5) is 22.9. The highest BCUT2D eigenvalue weighted by Gasteiger charge is 2.37. The number of anilines is 2. The minimum atomic E-state index is -5.01. The summed E-state index contributed by atoms with van der Waals surface area (Å²) in [6.07, 6.45) is -6.25. The summed E-state index contributed by atoms with van der Waals surface area (Å²) in [6, 6.07) is 8.67. The van der Waals surface area contributed by atoms with Crippen LogP contribution in [-0.2, 0) is 27.2 Å².